The molecule has 0 spiro atoms. The highest BCUT2D eigenvalue weighted by Crippen LogP contribution is 2.18. The Balaban J connectivity index is 2.10. The van der Waals surface area contributed by atoms with E-state index in [-0.39, 0.29) is 5.56 Å². The summed E-state index contributed by atoms with van der Waals surface area (Å²) < 4.78 is 31.0. The van der Waals surface area contributed by atoms with Gasteiger partial charge in [0.2, 0.25) is 5.76 Å². The fourth-order valence-corrected chi connectivity index (χ4v) is 2.09. The van der Waals surface area contributed by atoms with Crippen LogP contribution in [0.1, 0.15) is 28.6 Å². The Morgan fingerprint density at radius 3 is 2.41 bits per heavy atom. The molecule has 0 aliphatic carbocycles. The number of hydrogen-bond donors (Lipinski definition) is 4. The standard InChI is InChI=1S/C19H16F2N4O4/c1-19(22,18(20)21)15(17(27)25-28)24-16(26)13-8-6-12(7-9-13)4-2-3-5-14-10-11-23-29-14/h6-11,15,18,28H,22H2,1H3,(H,24,26)(H,25,27)/t15-,19?/m1/s1. The average Bonchev–Trinajstić information content (AvgIpc) is 3.22. The molecular formula is C19H16F2N4O4. The fraction of sp³-hybridized carbons (Fsp3) is 0.211. The zero-order valence-electron chi connectivity index (χ0n) is 15.1. The Hall–Kier alpha value is -3.73. The molecule has 1 aromatic heterocycles. The summed E-state index contributed by atoms with van der Waals surface area (Å²) in [4.78, 5) is 24.0. The number of halogens is 2. The zero-order chi connectivity index (χ0) is 21.4. The van der Waals surface area contributed by atoms with Gasteiger partial charge >= 0.3 is 0 Å². The van der Waals surface area contributed by atoms with Crippen LogP contribution in [0.3, 0.4) is 0 Å². The molecular weight excluding hydrogens is 386 g/mol. The maximum absolute atomic E-state index is 13.1. The Bertz CT molecular complexity index is 981. The molecule has 150 valence electrons. The van der Waals surface area contributed by atoms with E-state index < -0.39 is 29.8 Å². The summed E-state index contributed by atoms with van der Waals surface area (Å²) in [5, 5.41) is 14.3. The van der Waals surface area contributed by atoms with Gasteiger partial charge in [-0.1, -0.05) is 11.1 Å². The lowest BCUT2D eigenvalue weighted by Gasteiger charge is -2.32. The molecule has 5 N–H and O–H groups in total. The summed E-state index contributed by atoms with van der Waals surface area (Å²) in [6.07, 6.45) is -1.69. The molecule has 2 amide bonds. The van der Waals surface area contributed by atoms with E-state index in [4.69, 9.17) is 15.5 Å². The Kier molecular flexibility index (Phi) is 7.04. The van der Waals surface area contributed by atoms with Crippen molar-refractivity contribution in [3.8, 4) is 23.7 Å². The Morgan fingerprint density at radius 2 is 1.86 bits per heavy atom. The summed E-state index contributed by atoms with van der Waals surface area (Å²) in [7, 11) is 0. The second-order valence-corrected chi connectivity index (χ2v) is 6.00. The van der Waals surface area contributed by atoms with Crippen LogP contribution in [0.25, 0.3) is 0 Å². The largest absolute Gasteiger partial charge is 0.348 e. The third-order valence-corrected chi connectivity index (χ3v) is 3.78. The van der Waals surface area contributed by atoms with Gasteiger partial charge in [-0.2, -0.15) is 0 Å². The molecule has 2 atom stereocenters. The molecule has 1 heterocycles. The molecule has 2 rings (SSSR count). The van der Waals surface area contributed by atoms with Crippen molar-refractivity contribution in [3.63, 3.8) is 0 Å². The number of rotatable bonds is 5. The van der Waals surface area contributed by atoms with E-state index in [1.807, 2.05) is 0 Å². The first-order chi connectivity index (χ1) is 13.8. The van der Waals surface area contributed by atoms with Crippen molar-refractivity contribution in [1.29, 1.82) is 0 Å². The number of alkyl halides is 2. The van der Waals surface area contributed by atoms with Crippen LogP contribution < -0.4 is 16.5 Å². The van der Waals surface area contributed by atoms with Gasteiger partial charge in [-0.05, 0) is 49.0 Å². The molecule has 0 saturated heterocycles. The molecule has 0 fully saturated rings. The second kappa shape index (κ2) is 9.46. The molecule has 0 bridgehead atoms. The van der Waals surface area contributed by atoms with Crippen LogP contribution >= 0.6 is 0 Å². The maximum Gasteiger partial charge on any atom is 0.268 e. The fourth-order valence-electron chi connectivity index (χ4n) is 2.09. The summed E-state index contributed by atoms with van der Waals surface area (Å²) in [5.74, 6) is 8.81. The van der Waals surface area contributed by atoms with Gasteiger partial charge in [-0.25, -0.2) is 14.3 Å². The number of nitrogens with two attached hydrogens (primary N) is 1. The number of amides is 2. The van der Waals surface area contributed by atoms with E-state index in [1.165, 1.54) is 35.9 Å². The van der Waals surface area contributed by atoms with Crippen LogP contribution in [0.15, 0.2) is 41.1 Å². The van der Waals surface area contributed by atoms with E-state index >= 15 is 0 Å². The van der Waals surface area contributed by atoms with E-state index in [0.29, 0.717) is 11.3 Å². The van der Waals surface area contributed by atoms with Crippen LogP contribution in [0.2, 0.25) is 0 Å². The molecule has 8 nitrogen and oxygen atoms in total. The lowest BCUT2D eigenvalue weighted by molar-refractivity contribution is -0.134. The highest BCUT2D eigenvalue weighted by molar-refractivity contribution is 5.98. The minimum Gasteiger partial charge on any atom is -0.348 e. The lowest BCUT2D eigenvalue weighted by Crippen LogP contribution is -2.66. The van der Waals surface area contributed by atoms with Gasteiger partial charge in [0.1, 0.15) is 11.6 Å². The Labute approximate surface area is 164 Å². The molecule has 0 radical (unpaired) electrons. The average molecular weight is 402 g/mol. The van der Waals surface area contributed by atoms with E-state index in [2.05, 4.69) is 34.2 Å². The van der Waals surface area contributed by atoms with E-state index in [0.717, 1.165) is 6.92 Å². The summed E-state index contributed by atoms with van der Waals surface area (Å²) in [5.41, 5.74) is 4.88. The predicted octanol–water partition coefficient (Wildman–Crippen LogP) is 0.664. The molecule has 1 unspecified atom stereocenters. The molecule has 1 aromatic carbocycles. The lowest BCUT2D eigenvalue weighted by atomic mass is 9.92. The van der Waals surface area contributed by atoms with Gasteiger partial charge in [0.15, 0.2) is 0 Å². The number of nitrogens with one attached hydrogen (secondary N) is 2. The van der Waals surface area contributed by atoms with Crippen LogP contribution in [-0.4, -0.2) is 40.2 Å². The van der Waals surface area contributed by atoms with Crippen LogP contribution in [0.5, 0.6) is 0 Å². The number of nitrogens with zero attached hydrogens (tertiary/aromatic N) is 1. The third kappa shape index (κ3) is 5.62. The Morgan fingerprint density at radius 1 is 1.21 bits per heavy atom. The smallest absolute Gasteiger partial charge is 0.268 e. The maximum atomic E-state index is 13.1. The molecule has 10 heteroatoms. The van der Waals surface area contributed by atoms with Gasteiger partial charge in [0.25, 0.3) is 18.2 Å². The molecule has 0 aliphatic heterocycles. The summed E-state index contributed by atoms with van der Waals surface area (Å²) in [6, 6.07) is 5.49. The monoisotopic (exact) mass is 402 g/mol. The van der Waals surface area contributed by atoms with Crippen molar-refractivity contribution in [1.82, 2.24) is 16.0 Å². The second-order valence-electron chi connectivity index (χ2n) is 6.00. The van der Waals surface area contributed by atoms with Crippen LogP contribution in [0, 0.1) is 23.7 Å². The summed E-state index contributed by atoms with van der Waals surface area (Å²) in [6.45, 7) is 0.885. The summed E-state index contributed by atoms with van der Waals surface area (Å²) >= 11 is 0. The van der Waals surface area contributed by atoms with Gasteiger partial charge in [0.05, 0.1) is 6.20 Å². The molecule has 29 heavy (non-hydrogen) atoms. The van der Waals surface area contributed by atoms with Crippen molar-refractivity contribution < 1.29 is 28.1 Å². The molecule has 2 aromatic rings. The van der Waals surface area contributed by atoms with Crippen LogP contribution in [-0.2, 0) is 4.79 Å². The zero-order valence-corrected chi connectivity index (χ0v) is 15.1. The van der Waals surface area contributed by atoms with E-state index in [9.17, 15) is 18.4 Å². The number of benzene rings is 1. The minimum atomic E-state index is -3.14. The number of aromatic nitrogens is 1. The molecule has 0 saturated carbocycles. The first-order valence-corrected chi connectivity index (χ1v) is 8.10. The minimum absolute atomic E-state index is 0.0732. The number of hydrogen-bond acceptors (Lipinski definition) is 6. The van der Waals surface area contributed by atoms with Gasteiger partial charge in [-0.15, -0.1) is 0 Å². The highest BCUT2D eigenvalue weighted by atomic mass is 19.3. The molecule has 0 aliphatic rings. The third-order valence-electron chi connectivity index (χ3n) is 3.78. The van der Waals surface area contributed by atoms with Crippen molar-refractivity contribution >= 4 is 11.8 Å². The van der Waals surface area contributed by atoms with E-state index in [1.54, 1.807) is 6.07 Å². The number of carbonyl (C=O) groups is 2. The quantitative estimate of drug-likeness (QED) is 0.330. The first kappa shape index (κ1) is 21.6. The normalized spacial score (nSPS) is 13.2. The SMILES string of the molecule is CC(N)(C(F)F)[C@H](NC(=O)c1ccc(C#CC#Cc2ccno2)cc1)C(=O)NO. The van der Waals surface area contributed by atoms with Crippen molar-refractivity contribution in [3.05, 3.63) is 53.4 Å². The van der Waals surface area contributed by atoms with Crippen LogP contribution in [0.4, 0.5) is 8.78 Å². The number of hydroxylamine groups is 1. The van der Waals surface area contributed by atoms with Gasteiger partial charge in [0, 0.05) is 17.2 Å². The van der Waals surface area contributed by atoms with Gasteiger partial charge < -0.3 is 15.6 Å². The van der Waals surface area contributed by atoms with Crippen molar-refractivity contribution in [2.45, 2.75) is 24.9 Å². The first-order valence-electron chi connectivity index (χ1n) is 8.10. The number of carbonyl (C=O) groups excluding carboxylic acids is 2. The topological polar surface area (TPSA) is 130 Å². The highest BCUT2D eigenvalue weighted by Gasteiger charge is 2.44. The predicted molar refractivity (Wildman–Crippen MR) is 96.5 cm³/mol. The van der Waals surface area contributed by atoms with Crippen molar-refractivity contribution in [2.24, 2.45) is 5.73 Å². The van der Waals surface area contributed by atoms with Gasteiger partial charge in [-0.3, -0.25) is 14.8 Å². The van der Waals surface area contributed by atoms with Crippen molar-refractivity contribution in [2.75, 3.05) is 0 Å².